The number of nitrogens with two attached hydrogens (primary N) is 1. The molecular formula is C13H26N4O2S. The van der Waals surface area contributed by atoms with E-state index in [2.05, 4.69) is 15.2 Å². The van der Waals surface area contributed by atoms with Gasteiger partial charge >= 0.3 is 0 Å². The summed E-state index contributed by atoms with van der Waals surface area (Å²) in [5.74, 6) is 1.07. The first-order valence-electron chi connectivity index (χ1n) is 7.54. The summed E-state index contributed by atoms with van der Waals surface area (Å²) >= 11 is 0. The Bertz CT molecular complexity index is 416. The summed E-state index contributed by atoms with van der Waals surface area (Å²) in [6, 6.07) is 0.479. The van der Waals surface area contributed by atoms with Crippen molar-refractivity contribution in [1.29, 1.82) is 0 Å². The molecule has 2 aliphatic rings. The fourth-order valence-electron chi connectivity index (χ4n) is 2.79. The molecule has 2 fully saturated rings. The highest BCUT2D eigenvalue weighted by Crippen LogP contribution is 2.16. The van der Waals surface area contributed by atoms with Gasteiger partial charge < -0.3 is 11.1 Å². The third-order valence-corrected chi connectivity index (χ3v) is 5.70. The Balaban J connectivity index is 1.65. The SMILES string of the molecule is NC(=NCCN1CCS(=O)(=O)CC1)NC1CCCCC1. The number of hydrogen-bond acceptors (Lipinski definition) is 4. The maximum atomic E-state index is 11.3. The number of nitrogens with zero attached hydrogens (tertiary/aromatic N) is 2. The van der Waals surface area contributed by atoms with Gasteiger partial charge in [0.15, 0.2) is 15.8 Å². The van der Waals surface area contributed by atoms with Gasteiger partial charge in [-0.25, -0.2) is 8.42 Å². The molecule has 0 aromatic heterocycles. The lowest BCUT2D eigenvalue weighted by atomic mass is 9.96. The van der Waals surface area contributed by atoms with Crippen molar-refractivity contribution in [2.45, 2.75) is 38.1 Å². The Morgan fingerprint density at radius 1 is 1.20 bits per heavy atom. The van der Waals surface area contributed by atoms with E-state index >= 15 is 0 Å². The highest BCUT2D eigenvalue weighted by Gasteiger charge is 2.20. The van der Waals surface area contributed by atoms with Crippen LogP contribution >= 0.6 is 0 Å². The van der Waals surface area contributed by atoms with Crippen LogP contribution in [0.3, 0.4) is 0 Å². The van der Waals surface area contributed by atoms with Crippen LogP contribution in [-0.2, 0) is 9.84 Å². The van der Waals surface area contributed by atoms with Crippen LogP contribution in [0.15, 0.2) is 4.99 Å². The zero-order chi connectivity index (χ0) is 14.4. The van der Waals surface area contributed by atoms with Crippen molar-refractivity contribution in [3.05, 3.63) is 0 Å². The molecule has 2 rings (SSSR count). The number of aliphatic imine (C=N–C) groups is 1. The lowest BCUT2D eigenvalue weighted by Gasteiger charge is -2.26. The van der Waals surface area contributed by atoms with Gasteiger partial charge in [-0.2, -0.15) is 0 Å². The van der Waals surface area contributed by atoms with Gasteiger partial charge in [0.2, 0.25) is 0 Å². The first-order chi connectivity index (χ1) is 9.55. The molecule has 0 atom stereocenters. The molecular weight excluding hydrogens is 276 g/mol. The fourth-order valence-corrected chi connectivity index (χ4v) is 4.06. The van der Waals surface area contributed by atoms with Gasteiger partial charge in [0.05, 0.1) is 18.1 Å². The summed E-state index contributed by atoms with van der Waals surface area (Å²) in [5.41, 5.74) is 5.89. The minimum Gasteiger partial charge on any atom is -0.370 e. The molecule has 3 N–H and O–H groups in total. The van der Waals surface area contributed by atoms with Gasteiger partial charge in [0, 0.05) is 25.7 Å². The molecule has 0 spiro atoms. The molecule has 116 valence electrons. The molecule has 1 heterocycles. The molecule has 0 bridgehead atoms. The molecule has 1 saturated carbocycles. The Morgan fingerprint density at radius 3 is 2.50 bits per heavy atom. The smallest absolute Gasteiger partial charge is 0.188 e. The summed E-state index contributed by atoms with van der Waals surface area (Å²) in [7, 11) is -2.79. The summed E-state index contributed by atoms with van der Waals surface area (Å²) in [6.07, 6.45) is 6.23. The van der Waals surface area contributed by atoms with Crippen LogP contribution in [0.25, 0.3) is 0 Å². The summed E-state index contributed by atoms with van der Waals surface area (Å²) in [6.45, 7) is 2.65. The zero-order valence-corrected chi connectivity index (χ0v) is 12.9. The van der Waals surface area contributed by atoms with Crippen LogP contribution in [0.5, 0.6) is 0 Å². The molecule has 0 unspecified atom stereocenters. The Morgan fingerprint density at radius 2 is 1.85 bits per heavy atom. The quantitative estimate of drug-likeness (QED) is 0.562. The lowest BCUT2D eigenvalue weighted by molar-refractivity contribution is 0.304. The second kappa shape index (κ2) is 7.26. The predicted octanol–water partition coefficient (Wildman–Crippen LogP) is -0.0462. The van der Waals surface area contributed by atoms with E-state index < -0.39 is 9.84 Å². The second-order valence-electron chi connectivity index (χ2n) is 5.74. The van der Waals surface area contributed by atoms with Gasteiger partial charge in [0.1, 0.15) is 0 Å². The number of hydrogen-bond donors (Lipinski definition) is 2. The molecule has 6 nitrogen and oxygen atoms in total. The van der Waals surface area contributed by atoms with Crippen molar-refractivity contribution in [2.75, 3.05) is 37.7 Å². The van der Waals surface area contributed by atoms with E-state index in [-0.39, 0.29) is 11.5 Å². The summed E-state index contributed by atoms with van der Waals surface area (Å²) < 4.78 is 22.6. The lowest BCUT2D eigenvalue weighted by Crippen LogP contribution is -2.43. The molecule has 1 aliphatic heterocycles. The molecule has 7 heteroatoms. The number of sulfone groups is 1. The van der Waals surface area contributed by atoms with Crippen molar-refractivity contribution in [2.24, 2.45) is 10.7 Å². The topological polar surface area (TPSA) is 87.8 Å². The third kappa shape index (κ3) is 5.28. The van der Waals surface area contributed by atoms with E-state index in [0.717, 1.165) is 6.54 Å². The first kappa shape index (κ1) is 15.6. The Hall–Kier alpha value is -0.820. The highest BCUT2D eigenvalue weighted by atomic mass is 32.2. The molecule has 0 amide bonds. The van der Waals surface area contributed by atoms with Gasteiger partial charge in [-0.05, 0) is 12.8 Å². The van der Waals surface area contributed by atoms with E-state index in [1.807, 2.05) is 0 Å². The van der Waals surface area contributed by atoms with Gasteiger partial charge in [0.25, 0.3) is 0 Å². The van der Waals surface area contributed by atoms with Crippen LogP contribution in [0.1, 0.15) is 32.1 Å². The van der Waals surface area contributed by atoms with Gasteiger partial charge in [-0.1, -0.05) is 19.3 Å². The van der Waals surface area contributed by atoms with E-state index in [4.69, 9.17) is 5.73 Å². The minimum atomic E-state index is -2.79. The van der Waals surface area contributed by atoms with Crippen LogP contribution in [0, 0.1) is 0 Å². The maximum Gasteiger partial charge on any atom is 0.188 e. The van der Waals surface area contributed by atoms with Crippen molar-refractivity contribution >= 4 is 15.8 Å². The Labute approximate surface area is 121 Å². The van der Waals surface area contributed by atoms with Crippen molar-refractivity contribution in [3.8, 4) is 0 Å². The number of rotatable bonds is 4. The number of guanidine groups is 1. The largest absolute Gasteiger partial charge is 0.370 e. The first-order valence-corrected chi connectivity index (χ1v) is 9.36. The van der Waals surface area contributed by atoms with Crippen LogP contribution < -0.4 is 11.1 Å². The predicted molar refractivity (Wildman–Crippen MR) is 81.6 cm³/mol. The van der Waals surface area contributed by atoms with Gasteiger partial charge in [-0.15, -0.1) is 0 Å². The molecule has 0 aromatic carbocycles. The molecule has 0 radical (unpaired) electrons. The van der Waals surface area contributed by atoms with Crippen LogP contribution in [0.4, 0.5) is 0 Å². The summed E-state index contributed by atoms with van der Waals surface area (Å²) in [4.78, 5) is 6.48. The molecule has 1 saturated heterocycles. The second-order valence-corrected chi connectivity index (χ2v) is 8.04. The Kier molecular flexibility index (Phi) is 5.65. The number of nitrogens with one attached hydrogen (secondary N) is 1. The van der Waals surface area contributed by atoms with Crippen LogP contribution in [-0.4, -0.2) is 63.0 Å². The molecule has 1 aliphatic carbocycles. The maximum absolute atomic E-state index is 11.3. The standard InChI is InChI=1S/C13H26N4O2S/c14-13(16-12-4-2-1-3-5-12)15-6-7-17-8-10-20(18,19)11-9-17/h12H,1-11H2,(H3,14,15,16). The van der Waals surface area contributed by atoms with Gasteiger partial charge in [-0.3, -0.25) is 9.89 Å². The van der Waals surface area contributed by atoms with Crippen molar-refractivity contribution in [3.63, 3.8) is 0 Å². The molecule has 20 heavy (non-hydrogen) atoms. The van der Waals surface area contributed by atoms with Crippen molar-refractivity contribution in [1.82, 2.24) is 10.2 Å². The van der Waals surface area contributed by atoms with Crippen molar-refractivity contribution < 1.29 is 8.42 Å². The van der Waals surface area contributed by atoms with E-state index in [1.54, 1.807) is 0 Å². The van der Waals surface area contributed by atoms with Crippen LogP contribution in [0.2, 0.25) is 0 Å². The minimum absolute atomic E-state index is 0.270. The normalized spacial score (nSPS) is 25.5. The van der Waals surface area contributed by atoms with E-state index in [9.17, 15) is 8.42 Å². The van der Waals surface area contributed by atoms with E-state index in [0.29, 0.717) is 31.6 Å². The monoisotopic (exact) mass is 302 g/mol. The average molecular weight is 302 g/mol. The third-order valence-electron chi connectivity index (χ3n) is 4.09. The summed E-state index contributed by atoms with van der Waals surface area (Å²) in [5, 5.41) is 3.28. The average Bonchev–Trinajstić information content (AvgIpc) is 2.42. The molecule has 0 aromatic rings. The van der Waals surface area contributed by atoms with E-state index in [1.165, 1.54) is 32.1 Å². The zero-order valence-electron chi connectivity index (χ0n) is 12.1. The highest BCUT2D eigenvalue weighted by molar-refractivity contribution is 7.91. The fraction of sp³-hybridized carbons (Fsp3) is 0.923.